The summed E-state index contributed by atoms with van der Waals surface area (Å²) in [7, 11) is 0. The lowest BCUT2D eigenvalue weighted by Crippen LogP contribution is -2.12. The number of hydrogen-bond donors (Lipinski definition) is 0. The Balaban J connectivity index is 1.73. The van der Waals surface area contributed by atoms with E-state index < -0.39 is 0 Å². The summed E-state index contributed by atoms with van der Waals surface area (Å²) in [6, 6.07) is 13.7. The van der Waals surface area contributed by atoms with Crippen LogP contribution in [0.15, 0.2) is 47.6 Å². The zero-order valence-electron chi connectivity index (χ0n) is 16.2. The van der Waals surface area contributed by atoms with Gasteiger partial charge in [-0.3, -0.25) is 0 Å². The normalized spacial score (nSPS) is 12.2. The zero-order chi connectivity index (χ0) is 20.1. The van der Waals surface area contributed by atoms with Crippen LogP contribution in [0.2, 0.25) is 10.0 Å². The molecule has 4 nitrogen and oxygen atoms in total. The summed E-state index contributed by atoms with van der Waals surface area (Å²) in [6.07, 6.45) is 0.800. The first-order valence-corrected chi connectivity index (χ1v) is 11.0. The third-order valence-electron chi connectivity index (χ3n) is 4.48. The average Bonchev–Trinajstić information content (AvgIpc) is 3.11. The molecule has 3 rings (SSSR count). The van der Waals surface area contributed by atoms with Crippen molar-refractivity contribution >= 4 is 35.0 Å². The zero-order valence-corrected chi connectivity index (χ0v) is 18.5. The van der Waals surface area contributed by atoms with Gasteiger partial charge in [-0.2, -0.15) is 0 Å². The number of thioether (sulfide) groups is 1. The molecule has 1 heterocycles. The van der Waals surface area contributed by atoms with Crippen molar-refractivity contribution in [2.75, 3.05) is 0 Å². The maximum absolute atomic E-state index is 6.28. The maximum atomic E-state index is 6.28. The Morgan fingerprint density at radius 1 is 1.04 bits per heavy atom. The summed E-state index contributed by atoms with van der Waals surface area (Å²) in [6.45, 7) is 6.95. The smallest absolute Gasteiger partial charge is 0.191 e. The standard InChI is InChI=1S/C21H23Cl2N3OS/c1-4-15-9-11-16(12-10-15)27-14(3)20-24-25-21(26(20)5-2)28-13-17-18(22)7-6-8-19(17)23/h6-12,14H,4-5,13H2,1-3H3. The fourth-order valence-electron chi connectivity index (χ4n) is 2.87. The molecule has 0 fully saturated rings. The van der Waals surface area contributed by atoms with Crippen LogP contribution < -0.4 is 4.74 Å². The van der Waals surface area contributed by atoms with Crippen LogP contribution in [0.1, 0.15) is 43.8 Å². The third-order valence-corrected chi connectivity index (χ3v) is 6.18. The van der Waals surface area contributed by atoms with Crippen molar-refractivity contribution in [3.05, 3.63) is 69.5 Å². The molecule has 7 heteroatoms. The second-order valence-corrected chi connectivity index (χ2v) is 8.09. The maximum Gasteiger partial charge on any atom is 0.191 e. The van der Waals surface area contributed by atoms with E-state index in [0.29, 0.717) is 15.8 Å². The summed E-state index contributed by atoms with van der Waals surface area (Å²) >= 11 is 14.1. The van der Waals surface area contributed by atoms with Crippen molar-refractivity contribution in [3.63, 3.8) is 0 Å². The van der Waals surface area contributed by atoms with Crippen molar-refractivity contribution in [1.29, 1.82) is 0 Å². The molecule has 1 aromatic heterocycles. The highest BCUT2D eigenvalue weighted by Crippen LogP contribution is 2.32. The number of hydrogen-bond acceptors (Lipinski definition) is 4. The Hall–Kier alpha value is -1.69. The molecular formula is C21H23Cl2N3OS. The van der Waals surface area contributed by atoms with Crippen LogP contribution >= 0.6 is 35.0 Å². The average molecular weight is 436 g/mol. The van der Waals surface area contributed by atoms with E-state index in [0.717, 1.165) is 35.3 Å². The van der Waals surface area contributed by atoms with Crippen LogP contribution in [0.25, 0.3) is 0 Å². The molecule has 1 atom stereocenters. The third kappa shape index (κ3) is 4.83. The van der Waals surface area contributed by atoms with E-state index in [1.54, 1.807) is 11.8 Å². The van der Waals surface area contributed by atoms with E-state index in [1.165, 1.54) is 5.56 Å². The van der Waals surface area contributed by atoms with E-state index in [1.807, 2.05) is 37.3 Å². The molecule has 0 aliphatic carbocycles. The SMILES string of the molecule is CCc1ccc(OC(C)c2nnc(SCc3c(Cl)cccc3Cl)n2CC)cc1. The number of ether oxygens (including phenoxy) is 1. The van der Waals surface area contributed by atoms with E-state index in [-0.39, 0.29) is 6.10 Å². The van der Waals surface area contributed by atoms with Gasteiger partial charge in [0, 0.05) is 22.3 Å². The summed E-state index contributed by atoms with van der Waals surface area (Å²) in [5.41, 5.74) is 2.19. The Morgan fingerprint density at radius 3 is 2.32 bits per heavy atom. The predicted molar refractivity (Wildman–Crippen MR) is 117 cm³/mol. The highest BCUT2D eigenvalue weighted by atomic mass is 35.5. The fraction of sp³-hybridized carbons (Fsp3) is 0.333. The van der Waals surface area contributed by atoms with Gasteiger partial charge in [0.15, 0.2) is 17.1 Å². The van der Waals surface area contributed by atoms with Gasteiger partial charge >= 0.3 is 0 Å². The van der Waals surface area contributed by atoms with Crippen LogP contribution in [0.5, 0.6) is 5.75 Å². The molecule has 0 saturated heterocycles. The van der Waals surface area contributed by atoms with Crippen molar-refractivity contribution < 1.29 is 4.74 Å². The molecule has 0 amide bonds. The van der Waals surface area contributed by atoms with Gasteiger partial charge in [-0.1, -0.05) is 60.1 Å². The first-order chi connectivity index (χ1) is 13.5. The topological polar surface area (TPSA) is 39.9 Å². The molecule has 0 bridgehead atoms. The van der Waals surface area contributed by atoms with Crippen molar-refractivity contribution in [1.82, 2.24) is 14.8 Å². The lowest BCUT2D eigenvalue weighted by Gasteiger charge is -2.16. The Kier molecular flexibility index (Phi) is 7.27. The fourth-order valence-corrected chi connectivity index (χ4v) is 4.62. The Labute approximate surface area is 180 Å². The number of aryl methyl sites for hydroxylation is 1. The molecule has 0 saturated carbocycles. The Morgan fingerprint density at radius 2 is 1.71 bits per heavy atom. The molecule has 2 aromatic carbocycles. The van der Waals surface area contributed by atoms with Crippen molar-refractivity contribution in [3.8, 4) is 5.75 Å². The summed E-state index contributed by atoms with van der Waals surface area (Å²) in [4.78, 5) is 0. The van der Waals surface area contributed by atoms with Gasteiger partial charge < -0.3 is 9.30 Å². The molecule has 28 heavy (non-hydrogen) atoms. The number of aromatic nitrogens is 3. The molecule has 3 aromatic rings. The van der Waals surface area contributed by atoms with Crippen molar-refractivity contribution in [2.24, 2.45) is 0 Å². The predicted octanol–water partition coefficient (Wildman–Crippen LogP) is 6.60. The second-order valence-electron chi connectivity index (χ2n) is 6.33. The van der Waals surface area contributed by atoms with E-state index >= 15 is 0 Å². The van der Waals surface area contributed by atoms with Gasteiger partial charge in [-0.15, -0.1) is 10.2 Å². The first kappa shape index (κ1) is 21.0. The van der Waals surface area contributed by atoms with Gasteiger partial charge in [0.05, 0.1) is 0 Å². The molecule has 0 aliphatic rings. The highest BCUT2D eigenvalue weighted by Gasteiger charge is 2.19. The van der Waals surface area contributed by atoms with Gasteiger partial charge in [0.1, 0.15) is 5.75 Å². The molecule has 0 radical (unpaired) electrons. The minimum Gasteiger partial charge on any atom is -0.483 e. The number of halogens is 2. The molecule has 148 valence electrons. The molecule has 0 aliphatic heterocycles. The van der Waals surface area contributed by atoms with Crippen LogP contribution in [-0.4, -0.2) is 14.8 Å². The minimum absolute atomic E-state index is 0.210. The molecular weight excluding hydrogens is 413 g/mol. The van der Waals surface area contributed by atoms with E-state index in [2.05, 4.69) is 40.7 Å². The minimum atomic E-state index is -0.210. The molecule has 0 N–H and O–H groups in total. The lowest BCUT2D eigenvalue weighted by molar-refractivity contribution is 0.210. The first-order valence-electron chi connectivity index (χ1n) is 9.27. The summed E-state index contributed by atoms with van der Waals surface area (Å²) in [5.74, 6) is 2.26. The van der Waals surface area contributed by atoms with Crippen LogP contribution in [0, 0.1) is 0 Å². The van der Waals surface area contributed by atoms with Crippen LogP contribution in [0.3, 0.4) is 0 Å². The van der Waals surface area contributed by atoms with Crippen LogP contribution in [0.4, 0.5) is 0 Å². The largest absolute Gasteiger partial charge is 0.483 e. The monoisotopic (exact) mass is 435 g/mol. The molecule has 0 spiro atoms. The van der Waals surface area contributed by atoms with Gasteiger partial charge in [-0.25, -0.2) is 0 Å². The summed E-state index contributed by atoms with van der Waals surface area (Å²) in [5, 5.41) is 10.9. The summed E-state index contributed by atoms with van der Waals surface area (Å²) < 4.78 is 8.15. The van der Waals surface area contributed by atoms with Crippen molar-refractivity contribution in [2.45, 2.75) is 50.8 Å². The number of nitrogens with zero attached hydrogens (tertiary/aromatic N) is 3. The number of rotatable bonds is 8. The van der Waals surface area contributed by atoms with Gasteiger partial charge in [0.25, 0.3) is 0 Å². The van der Waals surface area contributed by atoms with Gasteiger partial charge in [0.2, 0.25) is 0 Å². The van der Waals surface area contributed by atoms with Gasteiger partial charge in [-0.05, 0) is 55.7 Å². The van der Waals surface area contributed by atoms with Crippen LogP contribution in [-0.2, 0) is 18.7 Å². The second kappa shape index (κ2) is 9.68. The highest BCUT2D eigenvalue weighted by molar-refractivity contribution is 7.98. The van der Waals surface area contributed by atoms with E-state index in [4.69, 9.17) is 27.9 Å². The molecule has 1 unspecified atom stereocenters. The van der Waals surface area contributed by atoms with E-state index in [9.17, 15) is 0 Å². The Bertz CT molecular complexity index is 908. The quantitative estimate of drug-likeness (QED) is 0.373. The number of benzene rings is 2. The lowest BCUT2D eigenvalue weighted by atomic mass is 10.2.